The molecular formula is C22H29NO3. The van der Waals surface area contributed by atoms with Crippen molar-refractivity contribution in [2.45, 2.75) is 44.6 Å². The number of ether oxygens (including phenoxy) is 2. The van der Waals surface area contributed by atoms with Crippen LogP contribution in [-0.2, 0) is 4.79 Å². The van der Waals surface area contributed by atoms with E-state index in [0.29, 0.717) is 30.1 Å². The summed E-state index contributed by atoms with van der Waals surface area (Å²) in [4.78, 5) is 14.9. The molecule has 0 aromatic heterocycles. The Balaban J connectivity index is 1.68. The topological polar surface area (TPSA) is 38.8 Å². The minimum atomic E-state index is 0.132. The smallest absolute Gasteiger partial charge is 0.246 e. The first-order valence-corrected chi connectivity index (χ1v) is 9.63. The molecule has 4 heteroatoms. The van der Waals surface area contributed by atoms with E-state index in [4.69, 9.17) is 9.47 Å². The Morgan fingerprint density at radius 3 is 2.85 bits per heavy atom. The van der Waals surface area contributed by atoms with Crippen molar-refractivity contribution in [2.75, 3.05) is 20.3 Å². The Labute approximate surface area is 156 Å². The van der Waals surface area contributed by atoms with E-state index >= 15 is 0 Å². The summed E-state index contributed by atoms with van der Waals surface area (Å²) in [6, 6.07) is 6.13. The van der Waals surface area contributed by atoms with Crippen molar-refractivity contribution in [3.8, 4) is 11.5 Å². The molecule has 2 atom stereocenters. The molecule has 0 N–H and O–H groups in total. The fourth-order valence-corrected chi connectivity index (χ4v) is 4.22. The number of methoxy groups -OCH3 is 1. The van der Waals surface area contributed by atoms with E-state index in [9.17, 15) is 4.79 Å². The van der Waals surface area contributed by atoms with E-state index in [1.54, 1.807) is 19.3 Å². The number of likely N-dealkylation sites (tertiary alicyclic amines) is 1. The molecule has 1 aliphatic heterocycles. The number of carbonyl (C=O) groups excluding carboxylic acids is 1. The van der Waals surface area contributed by atoms with Gasteiger partial charge in [0.25, 0.3) is 0 Å². The van der Waals surface area contributed by atoms with Crippen LogP contribution in [-0.4, -0.2) is 37.1 Å². The highest BCUT2D eigenvalue weighted by Crippen LogP contribution is 2.35. The Morgan fingerprint density at radius 2 is 2.04 bits per heavy atom. The van der Waals surface area contributed by atoms with Gasteiger partial charge in [-0.05, 0) is 55.4 Å². The average Bonchev–Trinajstić information content (AvgIpc) is 2.70. The normalized spacial score (nSPS) is 22.7. The van der Waals surface area contributed by atoms with Gasteiger partial charge in [0, 0.05) is 18.7 Å². The van der Waals surface area contributed by atoms with Crippen molar-refractivity contribution in [1.82, 2.24) is 4.90 Å². The average molecular weight is 355 g/mol. The van der Waals surface area contributed by atoms with E-state index in [-0.39, 0.29) is 5.91 Å². The SMILES string of the molecule is C=CCOc1ccc(C=CC(=O)N2CCCC3CCCCC32)cc1OC. The fraction of sp³-hybridized carbons (Fsp3) is 0.500. The molecule has 4 nitrogen and oxygen atoms in total. The Morgan fingerprint density at radius 1 is 1.23 bits per heavy atom. The van der Waals surface area contributed by atoms with Crippen molar-refractivity contribution in [3.05, 3.63) is 42.5 Å². The van der Waals surface area contributed by atoms with E-state index in [2.05, 4.69) is 11.5 Å². The summed E-state index contributed by atoms with van der Waals surface area (Å²) in [6.07, 6.45) is 12.7. The third kappa shape index (κ3) is 4.29. The molecule has 2 unspecified atom stereocenters. The molecule has 1 aliphatic carbocycles. The second-order valence-electron chi connectivity index (χ2n) is 7.13. The highest BCUT2D eigenvalue weighted by molar-refractivity contribution is 5.92. The van der Waals surface area contributed by atoms with E-state index in [0.717, 1.165) is 24.9 Å². The Hall–Kier alpha value is -2.23. The second kappa shape index (κ2) is 8.93. The maximum atomic E-state index is 12.8. The van der Waals surface area contributed by atoms with Gasteiger partial charge in [-0.1, -0.05) is 31.6 Å². The van der Waals surface area contributed by atoms with Gasteiger partial charge >= 0.3 is 0 Å². The number of hydrogen-bond donors (Lipinski definition) is 0. The zero-order chi connectivity index (χ0) is 18.4. The van der Waals surface area contributed by atoms with Gasteiger partial charge < -0.3 is 14.4 Å². The molecule has 1 heterocycles. The molecule has 2 aliphatic rings. The Kier molecular flexibility index (Phi) is 6.37. The molecule has 1 aromatic carbocycles. The number of nitrogens with zero attached hydrogens (tertiary/aromatic N) is 1. The molecule has 3 rings (SSSR count). The molecule has 1 saturated carbocycles. The van der Waals surface area contributed by atoms with Crippen LogP contribution in [0.1, 0.15) is 44.1 Å². The lowest BCUT2D eigenvalue weighted by Gasteiger charge is -2.43. The molecular weight excluding hydrogens is 326 g/mol. The lowest BCUT2D eigenvalue weighted by atomic mass is 9.78. The third-order valence-corrected chi connectivity index (χ3v) is 5.49. The number of carbonyl (C=O) groups is 1. The predicted octanol–water partition coefficient (Wildman–Crippen LogP) is 4.45. The van der Waals surface area contributed by atoms with Gasteiger partial charge in [-0.2, -0.15) is 0 Å². The summed E-state index contributed by atoms with van der Waals surface area (Å²) in [6.45, 7) is 4.97. The van der Waals surface area contributed by atoms with Gasteiger partial charge in [0.05, 0.1) is 7.11 Å². The summed E-state index contributed by atoms with van der Waals surface area (Å²) < 4.78 is 11.0. The van der Waals surface area contributed by atoms with Crippen LogP contribution in [0, 0.1) is 5.92 Å². The molecule has 0 bridgehead atoms. The first kappa shape index (κ1) is 18.6. The fourth-order valence-electron chi connectivity index (χ4n) is 4.22. The molecule has 2 fully saturated rings. The zero-order valence-electron chi connectivity index (χ0n) is 15.7. The van der Waals surface area contributed by atoms with Gasteiger partial charge in [-0.15, -0.1) is 0 Å². The molecule has 26 heavy (non-hydrogen) atoms. The largest absolute Gasteiger partial charge is 0.493 e. The number of hydrogen-bond acceptors (Lipinski definition) is 3. The summed E-state index contributed by atoms with van der Waals surface area (Å²) in [5.41, 5.74) is 0.929. The van der Waals surface area contributed by atoms with Crippen molar-refractivity contribution in [1.29, 1.82) is 0 Å². The molecule has 1 amide bonds. The first-order chi connectivity index (χ1) is 12.7. The summed E-state index contributed by atoms with van der Waals surface area (Å²) in [5.74, 6) is 2.17. The van der Waals surface area contributed by atoms with Crippen molar-refractivity contribution < 1.29 is 14.3 Å². The predicted molar refractivity (Wildman–Crippen MR) is 104 cm³/mol. The maximum Gasteiger partial charge on any atom is 0.246 e. The van der Waals surface area contributed by atoms with Crippen LogP contribution in [0.15, 0.2) is 36.9 Å². The number of fused-ring (bicyclic) bond motifs is 1. The lowest BCUT2D eigenvalue weighted by Crippen LogP contribution is -2.49. The minimum Gasteiger partial charge on any atom is -0.493 e. The van der Waals surface area contributed by atoms with Crippen molar-refractivity contribution in [2.24, 2.45) is 5.92 Å². The van der Waals surface area contributed by atoms with Gasteiger partial charge in [0.1, 0.15) is 6.61 Å². The van der Waals surface area contributed by atoms with Crippen LogP contribution in [0.2, 0.25) is 0 Å². The van der Waals surface area contributed by atoms with Gasteiger partial charge in [0.15, 0.2) is 11.5 Å². The van der Waals surface area contributed by atoms with Gasteiger partial charge in [-0.25, -0.2) is 0 Å². The quantitative estimate of drug-likeness (QED) is 0.559. The number of piperidine rings is 1. The summed E-state index contributed by atoms with van der Waals surface area (Å²) in [7, 11) is 1.62. The highest BCUT2D eigenvalue weighted by atomic mass is 16.5. The molecule has 1 saturated heterocycles. The van der Waals surface area contributed by atoms with Gasteiger partial charge in [-0.3, -0.25) is 4.79 Å². The number of benzene rings is 1. The second-order valence-corrected chi connectivity index (χ2v) is 7.13. The lowest BCUT2D eigenvalue weighted by molar-refractivity contribution is -0.132. The standard InChI is InChI=1S/C22H29NO3/c1-3-15-26-20-12-10-17(16-21(20)25-2)11-13-22(24)23-14-6-8-18-7-4-5-9-19(18)23/h3,10-13,16,18-19H,1,4-9,14-15H2,2H3. The van der Waals surface area contributed by atoms with Gasteiger partial charge in [0.2, 0.25) is 5.91 Å². The molecule has 0 spiro atoms. The van der Waals surface area contributed by atoms with Crippen molar-refractivity contribution in [3.63, 3.8) is 0 Å². The zero-order valence-corrected chi connectivity index (χ0v) is 15.7. The number of amides is 1. The van der Waals surface area contributed by atoms with E-state index < -0.39 is 0 Å². The van der Waals surface area contributed by atoms with Crippen LogP contribution >= 0.6 is 0 Å². The van der Waals surface area contributed by atoms with Crippen LogP contribution in [0.4, 0.5) is 0 Å². The first-order valence-electron chi connectivity index (χ1n) is 9.63. The third-order valence-electron chi connectivity index (χ3n) is 5.49. The van der Waals surface area contributed by atoms with Crippen molar-refractivity contribution >= 4 is 12.0 Å². The minimum absolute atomic E-state index is 0.132. The van der Waals surface area contributed by atoms with E-state index in [1.165, 1.54) is 25.7 Å². The molecule has 140 valence electrons. The van der Waals surface area contributed by atoms with Crippen LogP contribution < -0.4 is 9.47 Å². The summed E-state index contributed by atoms with van der Waals surface area (Å²) in [5, 5.41) is 0. The monoisotopic (exact) mass is 355 g/mol. The van der Waals surface area contributed by atoms with E-state index in [1.807, 2.05) is 24.3 Å². The van der Waals surface area contributed by atoms with Crippen LogP contribution in [0.25, 0.3) is 6.08 Å². The highest BCUT2D eigenvalue weighted by Gasteiger charge is 2.34. The molecule has 1 aromatic rings. The Bertz CT molecular complexity index is 665. The molecule has 0 radical (unpaired) electrons. The van der Waals surface area contributed by atoms with Crippen LogP contribution in [0.3, 0.4) is 0 Å². The number of rotatable bonds is 6. The summed E-state index contributed by atoms with van der Waals surface area (Å²) >= 11 is 0. The maximum absolute atomic E-state index is 12.8. The van der Waals surface area contributed by atoms with Crippen LogP contribution in [0.5, 0.6) is 11.5 Å².